The molecular weight excluding hydrogens is 569 g/mol. The number of rotatable bonds is 3. The third-order valence-electron chi connectivity index (χ3n) is 8.71. The highest BCUT2D eigenvalue weighted by Crippen LogP contribution is 2.39. The van der Waals surface area contributed by atoms with Gasteiger partial charge in [-0.2, -0.15) is 15.2 Å². The van der Waals surface area contributed by atoms with Gasteiger partial charge < -0.3 is 14.7 Å². The van der Waals surface area contributed by atoms with Gasteiger partial charge in [0.1, 0.15) is 34.8 Å². The molecule has 4 aromatic rings. The summed E-state index contributed by atoms with van der Waals surface area (Å²) in [4.78, 5) is 17.2. The van der Waals surface area contributed by atoms with Crippen molar-refractivity contribution < 1.29 is 23.0 Å². The number of phenols is 1. The van der Waals surface area contributed by atoms with Crippen LogP contribution in [-0.4, -0.2) is 70.5 Å². The fraction of sp³-hybridized carbons (Fsp3) is 0.394. The largest absolute Gasteiger partial charge is 0.508 e. The number of piperidine rings is 1. The molecule has 0 radical (unpaired) electrons. The molecule has 7 rings (SSSR count). The van der Waals surface area contributed by atoms with Crippen molar-refractivity contribution >= 4 is 27.5 Å². The summed E-state index contributed by atoms with van der Waals surface area (Å²) in [7, 11) is 1.39. The summed E-state index contributed by atoms with van der Waals surface area (Å²) in [6.07, 6.45) is 11.1. The summed E-state index contributed by atoms with van der Waals surface area (Å²) in [6.45, 7) is 2.99. The maximum atomic E-state index is 16.0. The van der Waals surface area contributed by atoms with Gasteiger partial charge in [-0.15, -0.1) is 6.42 Å². The summed E-state index contributed by atoms with van der Waals surface area (Å²) in [6, 6.07) is 8.25. The molecule has 44 heavy (non-hydrogen) atoms. The van der Waals surface area contributed by atoms with Crippen molar-refractivity contribution in [2.45, 2.75) is 44.3 Å². The number of nitrogens with zero attached hydrogens (tertiary/aromatic N) is 6. The Morgan fingerprint density at radius 2 is 1.91 bits per heavy atom. The van der Waals surface area contributed by atoms with Crippen molar-refractivity contribution in [2.75, 3.05) is 38.2 Å². The molecule has 2 atom stereocenters. The molecule has 0 aliphatic carbocycles. The van der Waals surface area contributed by atoms with Gasteiger partial charge in [0.25, 0.3) is 0 Å². The zero-order valence-corrected chi connectivity index (χ0v) is 24.2. The third kappa shape index (κ3) is 5.44. The molecule has 2 aromatic carbocycles. The van der Waals surface area contributed by atoms with Gasteiger partial charge in [0.05, 0.1) is 24.1 Å². The number of pyridine rings is 1. The van der Waals surface area contributed by atoms with Crippen LogP contribution in [0.15, 0.2) is 30.5 Å². The van der Waals surface area contributed by atoms with E-state index >= 15 is 4.39 Å². The van der Waals surface area contributed by atoms with E-state index in [0.717, 1.165) is 13.0 Å². The van der Waals surface area contributed by atoms with Gasteiger partial charge in [0, 0.05) is 48.7 Å². The average molecular weight is 601 g/mol. The summed E-state index contributed by atoms with van der Waals surface area (Å²) in [5.74, 6) is 1.17. The van der Waals surface area contributed by atoms with E-state index in [2.05, 4.69) is 31.8 Å². The van der Waals surface area contributed by atoms with Gasteiger partial charge in [0.15, 0.2) is 5.82 Å². The predicted molar refractivity (Wildman–Crippen MR) is 161 cm³/mol. The predicted octanol–water partition coefficient (Wildman–Crippen LogP) is 5.75. The first kappa shape index (κ1) is 29.5. The second-order valence-corrected chi connectivity index (χ2v) is 11.4. The number of phenolic OH excluding ortho intramolecular Hbond substituents is 1. The summed E-state index contributed by atoms with van der Waals surface area (Å²) in [5.41, 5.74) is -0.0919. The van der Waals surface area contributed by atoms with Crippen LogP contribution in [0.25, 0.3) is 32.9 Å². The van der Waals surface area contributed by atoms with Gasteiger partial charge in [-0.3, -0.25) is 9.88 Å². The number of terminal acetylenes is 1. The van der Waals surface area contributed by atoms with Crippen LogP contribution in [0, 0.1) is 41.2 Å². The molecule has 3 fully saturated rings. The van der Waals surface area contributed by atoms with E-state index in [4.69, 9.17) is 11.2 Å². The number of aromatic hydroxyl groups is 1. The first-order valence-electron chi connectivity index (χ1n) is 14.7. The van der Waals surface area contributed by atoms with E-state index in [9.17, 15) is 19.1 Å². The van der Waals surface area contributed by atoms with Crippen molar-refractivity contribution in [3.8, 4) is 41.4 Å². The van der Waals surface area contributed by atoms with Crippen molar-refractivity contribution in [1.29, 1.82) is 5.26 Å². The van der Waals surface area contributed by atoms with E-state index in [1.54, 1.807) is 0 Å². The van der Waals surface area contributed by atoms with Crippen LogP contribution in [0.1, 0.15) is 37.7 Å². The molecule has 8 nitrogen and oxygen atoms in total. The lowest BCUT2D eigenvalue weighted by molar-refractivity contribution is 0.292. The van der Waals surface area contributed by atoms with Crippen LogP contribution in [0.4, 0.5) is 19.0 Å². The van der Waals surface area contributed by atoms with Crippen molar-refractivity contribution in [3.05, 3.63) is 47.7 Å². The Hall–Kier alpha value is -4.61. The Kier molecular flexibility index (Phi) is 8.15. The van der Waals surface area contributed by atoms with Crippen molar-refractivity contribution in [1.82, 2.24) is 19.9 Å². The highest BCUT2D eigenvalue weighted by molar-refractivity contribution is 6.03. The molecule has 3 aliphatic rings. The average Bonchev–Trinajstić information content (AvgIpc) is 3.62. The number of halogens is 3. The van der Waals surface area contributed by atoms with E-state index in [1.807, 2.05) is 4.90 Å². The maximum Gasteiger partial charge on any atom is 0.318 e. The fourth-order valence-corrected chi connectivity index (χ4v) is 6.54. The first-order chi connectivity index (χ1) is 21.3. The minimum Gasteiger partial charge on any atom is -0.508 e. The molecule has 0 bridgehead atoms. The number of hydrogen-bond donors (Lipinski definition) is 1. The lowest BCUT2D eigenvalue weighted by atomic mass is 9.95. The van der Waals surface area contributed by atoms with Crippen LogP contribution >= 0.6 is 0 Å². The molecular formula is C33H31F3N6O2. The zero-order valence-electron chi connectivity index (χ0n) is 24.2. The third-order valence-corrected chi connectivity index (χ3v) is 8.71. The van der Waals surface area contributed by atoms with E-state index in [1.165, 1.54) is 50.4 Å². The monoisotopic (exact) mass is 600 g/mol. The van der Waals surface area contributed by atoms with Crippen LogP contribution in [0.2, 0.25) is 0 Å². The number of benzene rings is 2. The number of methoxy groups -OCH3 is 1. The fourth-order valence-electron chi connectivity index (χ4n) is 6.54. The molecule has 5 heterocycles. The minimum atomic E-state index is -0.782. The minimum absolute atomic E-state index is 0.0259. The van der Waals surface area contributed by atoms with Crippen LogP contribution in [0.3, 0.4) is 0 Å². The van der Waals surface area contributed by atoms with Gasteiger partial charge in [-0.05, 0) is 62.2 Å². The number of hydrogen-bond acceptors (Lipinski definition) is 8. The second kappa shape index (κ2) is 12.2. The van der Waals surface area contributed by atoms with Crippen molar-refractivity contribution in [2.24, 2.45) is 5.92 Å². The number of alkyl halides is 1. The van der Waals surface area contributed by atoms with Crippen molar-refractivity contribution in [3.63, 3.8) is 0 Å². The highest BCUT2D eigenvalue weighted by Gasteiger charge is 2.34. The number of aromatic nitrogens is 3. The molecule has 11 heteroatoms. The zero-order chi connectivity index (χ0) is 31.0. The van der Waals surface area contributed by atoms with Crippen LogP contribution in [-0.2, 0) is 0 Å². The maximum absolute atomic E-state index is 16.0. The number of fused-ring (bicyclic) bond motifs is 3. The Balaban J connectivity index is 0.000000323. The highest BCUT2D eigenvalue weighted by atomic mass is 19.1. The molecule has 3 aliphatic heterocycles. The lowest BCUT2D eigenvalue weighted by Gasteiger charge is -2.30. The Bertz CT molecular complexity index is 1800. The normalized spacial score (nSPS) is 20.2. The standard InChI is InChI=1S/C26H19F2N5O2.C7H12FN/c1-3-17-20(27)5-4-15-10-16(34)11-18(21(15)17)23-22(28)24-19(13-30-23)25(32-26(31-24)35-2)33-8-6-14(12-29)7-9-33;8-6-4-7-2-1-3-9(7)5-6/h1,4-5,10-11,13-14,34H,6-9H2,2H3;6-7H,1-5H2. The summed E-state index contributed by atoms with van der Waals surface area (Å²) < 4.78 is 48.4. The second-order valence-electron chi connectivity index (χ2n) is 11.4. The Morgan fingerprint density at radius 3 is 2.61 bits per heavy atom. The molecule has 1 N–H and O–H groups in total. The van der Waals surface area contributed by atoms with E-state index in [0.29, 0.717) is 55.1 Å². The molecule has 2 unspecified atom stereocenters. The molecule has 226 valence electrons. The van der Waals surface area contributed by atoms with Gasteiger partial charge >= 0.3 is 6.01 Å². The smallest absolute Gasteiger partial charge is 0.318 e. The van der Waals surface area contributed by atoms with Gasteiger partial charge in [-0.1, -0.05) is 12.0 Å². The van der Waals surface area contributed by atoms with Gasteiger partial charge in [-0.25, -0.2) is 13.2 Å². The summed E-state index contributed by atoms with van der Waals surface area (Å²) >= 11 is 0. The lowest BCUT2D eigenvalue weighted by Crippen LogP contribution is -2.34. The van der Waals surface area contributed by atoms with Crippen LogP contribution in [0.5, 0.6) is 11.8 Å². The topological polar surface area (TPSA) is 98.4 Å². The molecule has 3 saturated heterocycles. The SMILES string of the molecule is C#Cc1c(F)ccc2cc(O)cc(-c3ncc4c(N5CCC(C#N)CC5)nc(OC)nc4c3F)c12.FC1CC2CCCN2C1. The van der Waals surface area contributed by atoms with Crippen LogP contribution < -0.4 is 9.64 Å². The van der Waals surface area contributed by atoms with E-state index in [-0.39, 0.29) is 45.4 Å². The molecule has 2 aromatic heterocycles. The molecule has 0 amide bonds. The molecule has 0 spiro atoms. The Labute approximate surface area is 253 Å². The number of ether oxygens (including phenoxy) is 1. The molecule has 0 saturated carbocycles. The number of nitriles is 1. The summed E-state index contributed by atoms with van der Waals surface area (Å²) in [5, 5.41) is 20.5. The first-order valence-corrected chi connectivity index (χ1v) is 14.7. The number of anilines is 1. The van der Waals surface area contributed by atoms with E-state index < -0.39 is 17.8 Å². The Morgan fingerprint density at radius 1 is 1.11 bits per heavy atom. The van der Waals surface area contributed by atoms with Gasteiger partial charge in [0.2, 0.25) is 0 Å². The quantitative estimate of drug-likeness (QED) is 0.297.